The molecule has 0 heterocycles. The van der Waals surface area contributed by atoms with Crippen LogP contribution in [-0.2, 0) is 9.53 Å². The van der Waals surface area contributed by atoms with Gasteiger partial charge in [-0.25, -0.2) is 9.18 Å². The first kappa shape index (κ1) is 16.6. The van der Waals surface area contributed by atoms with Crippen molar-refractivity contribution < 1.29 is 18.7 Å². The lowest BCUT2D eigenvalue weighted by molar-refractivity contribution is -0.130. The lowest BCUT2D eigenvalue weighted by Crippen LogP contribution is -2.60. The van der Waals surface area contributed by atoms with Crippen LogP contribution in [-0.4, -0.2) is 24.0 Å². The van der Waals surface area contributed by atoms with Crippen molar-refractivity contribution in [3.05, 3.63) is 35.1 Å². The van der Waals surface area contributed by atoms with Crippen LogP contribution in [0.25, 0.3) is 0 Å². The Hall–Kier alpha value is -1.91. The third-order valence-electron chi connectivity index (χ3n) is 6.18. The van der Waals surface area contributed by atoms with E-state index in [1.165, 1.54) is 31.4 Å². The van der Waals surface area contributed by atoms with Gasteiger partial charge in [0.25, 0.3) is 5.91 Å². The predicted molar refractivity (Wildman–Crippen MR) is 90.5 cm³/mol. The molecule has 134 valence electrons. The number of carbonyl (C=O) groups excluding carboxylic acids is 2. The summed E-state index contributed by atoms with van der Waals surface area (Å²) in [5, 5.41) is 3.16. The Morgan fingerprint density at radius 2 is 1.76 bits per heavy atom. The van der Waals surface area contributed by atoms with Gasteiger partial charge in [-0.2, -0.15) is 0 Å². The molecule has 1 N–H and O–H groups in total. The van der Waals surface area contributed by atoms with Crippen LogP contribution in [0.3, 0.4) is 0 Å². The highest BCUT2D eigenvalue weighted by molar-refractivity contribution is 5.91. The van der Waals surface area contributed by atoms with Crippen molar-refractivity contribution in [1.82, 2.24) is 5.32 Å². The van der Waals surface area contributed by atoms with Crippen LogP contribution in [0.4, 0.5) is 4.39 Å². The molecule has 1 aromatic rings. The number of halogens is 1. The molecule has 4 nitrogen and oxygen atoms in total. The van der Waals surface area contributed by atoms with Gasteiger partial charge in [0, 0.05) is 5.54 Å². The SMILES string of the molecule is Cc1ccc(C(=O)OCC(=O)NC23CC4CC(CC(C4)C2)C3)cc1F. The Balaban J connectivity index is 1.33. The van der Waals surface area contributed by atoms with Gasteiger partial charge in [0.05, 0.1) is 5.56 Å². The highest BCUT2D eigenvalue weighted by atomic mass is 19.1. The van der Waals surface area contributed by atoms with Gasteiger partial charge < -0.3 is 10.1 Å². The summed E-state index contributed by atoms with van der Waals surface area (Å²) in [5.41, 5.74) is 0.510. The Bertz CT molecular complexity index is 680. The molecule has 1 aromatic carbocycles. The van der Waals surface area contributed by atoms with Crippen LogP contribution < -0.4 is 5.32 Å². The summed E-state index contributed by atoms with van der Waals surface area (Å²) < 4.78 is 18.6. The smallest absolute Gasteiger partial charge is 0.338 e. The first-order valence-electron chi connectivity index (χ1n) is 9.17. The van der Waals surface area contributed by atoms with Crippen molar-refractivity contribution in [3.63, 3.8) is 0 Å². The van der Waals surface area contributed by atoms with E-state index in [-0.39, 0.29) is 23.6 Å². The van der Waals surface area contributed by atoms with Crippen LogP contribution in [0.5, 0.6) is 0 Å². The minimum Gasteiger partial charge on any atom is -0.452 e. The van der Waals surface area contributed by atoms with Crippen LogP contribution in [0.1, 0.15) is 54.4 Å². The molecule has 25 heavy (non-hydrogen) atoms. The molecule has 0 aliphatic heterocycles. The van der Waals surface area contributed by atoms with Crippen LogP contribution in [0.15, 0.2) is 18.2 Å². The average molecular weight is 345 g/mol. The summed E-state index contributed by atoms with van der Waals surface area (Å²) in [6, 6.07) is 4.19. The van der Waals surface area contributed by atoms with E-state index in [1.54, 1.807) is 6.92 Å². The molecule has 0 unspecified atom stereocenters. The fourth-order valence-corrected chi connectivity index (χ4v) is 5.53. The molecule has 0 atom stereocenters. The largest absolute Gasteiger partial charge is 0.452 e. The molecular formula is C20H24FNO3. The summed E-state index contributed by atoms with van der Waals surface area (Å²) in [7, 11) is 0. The lowest BCUT2D eigenvalue weighted by Gasteiger charge is -2.56. The van der Waals surface area contributed by atoms with E-state index < -0.39 is 11.8 Å². The fourth-order valence-electron chi connectivity index (χ4n) is 5.53. The van der Waals surface area contributed by atoms with Gasteiger partial charge in [-0.15, -0.1) is 0 Å². The Morgan fingerprint density at radius 1 is 1.16 bits per heavy atom. The number of ether oxygens (including phenoxy) is 1. The van der Waals surface area contributed by atoms with Gasteiger partial charge in [-0.3, -0.25) is 4.79 Å². The molecule has 4 bridgehead atoms. The van der Waals surface area contributed by atoms with Gasteiger partial charge in [0.1, 0.15) is 5.82 Å². The van der Waals surface area contributed by atoms with Crippen molar-refractivity contribution in [2.75, 3.05) is 6.61 Å². The topological polar surface area (TPSA) is 55.4 Å². The average Bonchev–Trinajstić information content (AvgIpc) is 2.53. The van der Waals surface area contributed by atoms with E-state index in [0.29, 0.717) is 5.56 Å². The van der Waals surface area contributed by atoms with Crippen LogP contribution in [0.2, 0.25) is 0 Å². The molecule has 4 aliphatic rings. The van der Waals surface area contributed by atoms with Gasteiger partial charge in [0.2, 0.25) is 0 Å². The summed E-state index contributed by atoms with van der Waals surface area (Å²) in [6.45, 7) is 1.32. The van der Waals surface area contributed by atoms with E-state index in [1.807, 2.05) is 0 Å². The number of nitrogens with one attached hydrogen (secondary N) is 1. The van der Waals surface area contributed by atoms with E-state index in [9.17, 15) is 14.0 Å². The van der Waals surface area contributed by atoms with Crippen molar-refractivity contribution in [1.29, 1.82) is 0 Å². The Morgan fingerprint density at radius 3 is 2.32 bits per heavy atom. The number of aryl methyl sites for hydroxylation is 1. The summed E-state index contributed by atoms with van der Waals surface area (Å²) in [4.78, 5) is 24.3. The first-order chi connectivity index (χ1) is 11.9. The van der Waals surface area contributed by atoms with Crippen molar-refractivity contribution >= 4 is 11.9 Å². The standard InChI is InChI=1S/C20H24FNO3/c1-12-2-3-16(7-17(12)21)19(24)25-11-18(23)22-20-8-13-4-14(9-20)6-15(5-13)10-20/h2-3,7,13-15H,4-6,8-11H2,1H3,(H,22,23). The molecule has 0 radical (unpaired) electrons. The molecule has 5 rings (SSSR count). The molecule has 4 fully saturated rings. The molecule has 1 amide bonds. The number of benzene rings is 1. The van der Waals surface area contributed by atoms with E-state index in [0.717, 1.165) is 43.1 Å². The molecule has 4 saturated carbocycles. The van der Waals surface area contributed by atoms with Crippen molar-refractivity contribution in [2.24, 2.45) is 17.8 Å². The third-order valence-corrected chi connectivity index (χ3v) is 6.18. The zero-order chi connectivity index (χ0) is 17.6. The summed E-state index contributed by atoms with van der Waals surface area (Å²) >= 11 is 0. The maximum atomic E-state index is 13.5. The van der Waals surface area contributed by atoms with Crippen LogP contribution >= 0.6 is 0 Å². The van der Waals surface area contributed by atoms with Gasteiger partial charge in [-0.05, 0) is 80.9 Å². The lowest BCUT2D eigenvalue weighted by atomic mass is 9.53. The normalized spacial score (nSPS) is 32.5. The highest BCUT2D eigenvalue weighted by Gasteiger charge is 2.51. The Kier molecular flexibility index (Phi) is 4.05. The second-order valence-corrected chi connectivity index (χ2v) is 8.29. The minimum atomic E-state index is -0.667. The van der Waals surface area contributed by atoms with Gasteiger partial charge >= 0.3 is 5.97 Å². The zero-order valence-electron chi connectivity index (χ0n) is 14.5. The summed E-state index contributed by atoms with van der Waals surface area (Å²) in [5.74, 6) is 0.855. The number of hydrogen-bond acceptors (Lipinski definition) is 3. The Labute approximate surface area is 147 Å². The quantitative estimate of drug-likeness (QED) is 0.851. The predicted octanol–water partition coefficient (Wildman–Crippen LogP) is 3.38. The van der Waals surface area contributed by atoms with Gasteiger partial charge in [0.15, 0.2) is 6.61 Å². The van der Waals surface area contributed by atoms with Crippen LogP contribution in [0, 0.1) is 30.5 Å². The number of amides is 1. The minimum absolute atomic E-state index is 0.0891. The molecule has 0 aromatic heterocycles. The number of rotatable bonds is 4. The summed E-state index contributed by atoms with van der Waals surface area (Å²) in [6.07, 6.45) is 7.10. The highest BCUT2D eigenvalue weighted by Crippen LogP contribution is 2.55. The number of esters is 1. The van der Waals surface area contributed by atoms with Crippen molar-refractivity contribution in [2.45, 2.75) is 51.0 Å². The molecule has 0 saturated heterocycles. The number of carbonyl (C=O) groups is 2. The molecular weight excluding hydrogens is 321 g/mol. The van der Waals surface area contributed by atoms with Gasteiger partial charge in [-0.1, -0.05) is 6.07 Å². The maximum Gasteiger partial charge on any atom is 0.338 e. The molecule has 4 aliphatic carbocycles. The maximum absolute atomic E-state index is 13.5. The molecule has 0 spiro atoms. The second-order valence-electron chi connectivity index (χ2n) is 8.29. The second kappa shape index (κ2) is 6.11. The van der Waals surface area contributed by atoms with E-state index in [2.05, 4.69) is 5.32 Å². The first-order valence-corrected chi connectivity index (χ1v) is 9.17. The van der Waals surface area contributed by atoms with E-state index in [4.69, 9.17) is 4.74 Å². The van der Waals surface area contributed by atoms with E-state index >= 15 is 0 Å². The molecule has 5 heteroatoms. The monoisotopic (exact) mass is 345 g/mol. The number of hydrogen-bond donors (Lipinski definition) is 1. The zero-order valence-corrected chi connectivity index (χ0v) is 14.5. The van der Waals surface area contributed by atoms with Crippen molar-refractivity contribution in [3.8, 4) is 0 Å². The third kappa shape index (κ3) is 3.29. The fraction of sp³-hybridized carbons (Fsp3) is 0.600.